The third-order valence-corrected chi connectivity index (χ3v) is 4.47. The molecule has 1 aromatic carbocycles. The number of pyridine rings is 1. The lowest BCUT2D eigenvalue weighted by molar-refractivity contribution is -0.126. The van der Waals surface area contributed by atoms with Gasteiger partial charge in [-0.2, -0.15) is 0 Å². The van der Waals surface area contributed by atoms with Gasteiger partial charge in [-0.3, -0.25) is 9.59 Å². The number of rotatable bonds is 5. The quantitative estimate of drug-likeness (QED) is 0.741. The van der Waals surface area contributed by atoms with Crippen LogP contribution in [-0.2, 0) is 9.53 Å². The Balaban J connectivity index is 0.000000245. The minimum atomic E-state index is -2.85. The highest BCUT2D eigenvalue weighted by atomic mass is 19.3. The van der Waals surface area contributed by atoms with Crippen LogP contribution in [0.25, 0.3) is 0 Å². The monoisotopic (exact) mass is 439 g/mol. The number of anilines is 1. The number of ether oxygens (including phenoxy) is 2. The van der Waals surface area contributed by atoms with Crippen molar-refractivity contribution in [3.05, 3.63) is 53.6 Å². The van der Waals surface area contributed by atoms with Crippen molar-refractivity contribution in [1.29, 1.82) is 0 Å². The van der Waals surface area contributed by atoms with Gasteiger partial charge < -0.3 is 20.1 Å². The molecule has 1 saturated heterocycles. The molecular weight excluding hydrogens is 415 g/mol. The average molecular weight is 439 g/mol. The number of nitrogens with one attached hydrogen (secondary N) is 2. The van der Waals surface area contributed by atoms with E-state index in [1.54, 1.807) is 12.1 Å². The van der Waals surface area contributed by atoms with Gasteiger partial charge in [0.2, 0.25) is 0 Å². The van der Waals surface area contributed by atoms with Gasteiger partial charge in [0.05, 0.1) is 30.7 Å². The fraction of sp³-hybridized carbons (Fsp3) is 0.381. The summed E-state index contributed by atoms with van der Waals surface area (Å²) < 4.78 is 47.1. The Hall–Kier alpha value is -3.14. The van der Waals surface area contributed by atoms with Gasteiger partial charge in [0.1, 0.15) is 23.4 Å². The van der Waals surface area contributed by atoms with Gasteiger partial charge in [-0.05, 0) is 44.0 Å². The molecule has 2 N–H and O–H groups in total. The lowest BCUT2D eigenvalue weighted by atomic mass is 10.2. The third kappa shape index (κ3) is 6.68. The van der Waals surface area contributed by atoms with Gasteiger partial charge in [-0.25, -0.2) is 18.2 Å². The van der Waals surface area contributed by atoms with Crippen molar-refractivity contribution in [3.63, 3.8) is 0 Å². The lowest BCUT2D eigenvalue weighted by Gasteiger charge is -2.11. The molecule has 1 aliphatic heterocycles. The molecule has 0 aliphatic carbocycles. The average Bonchev–Trinajstić information content (AvgIpc) is 3.20. The summed E-state index contributed by atoms with van der Waals surface area (Å²) in [4.78, 5) is 27.2. The summed E-state index contributed by atoms with van der Waals surface area (Å²) in [5, 5.41) is 5.21. The molecule has 0 saturated carbocycles. The lowest BCUT2D eigenvalue weighted by Crippen LogP contribution is -2.27. The molecule has 1 fully saturated rings. The van der Waals surface area contributed by atoms with Crippen molar-refractivity contribution in [1.82, 2.24) is 10.3 Å². The Bertz CT molecular complexity index is 894. The number of carbonyl (C=O) groups excluding carboxylic acids is 2. The summed E-state index contributed by atoms with van der Waals surface area (Å²) in [6.45, 7) is 1.95. The predicted molar refractivity (Wildman–Crippen MR) is 108 cm³/mol. The van der Waals surface area contributed by atoms with E-state index in [1.807, 2.05) is 6.92 Å². The van der Waals surface area contributed by atoms with E-state index in [0.717, 1.165) is 18.9 Å². The largest absolute Gasteiger partial charge is 0.496 e. The Labute approximate surface area is 178 Å². The number of aromatic nitrogens is 1. The zero-order chi connectivity index (χ0) is 23.0. The first kappa shape index (κ1) is 24.1. The number of carbonyl (C=O) groups is 2. The molecule has 2 amide bonds. The topological polar surface area (TPSA) is 89.6 Å². The van der Waals surface area contributed by atoms with Crippen LogP contribution in [-0.4, -0.2) is 43.2 Å². The normalized spacial score (nSPS) is 17.5. The minimum Gasteiger partial charge on any atom is -0.496 e. The number of benzene rings is 1. The van der Waals surface area contributed by atoms with Crippen LogP contribution in [0.2, 0.25) is 0 Å². The van der Waals surface area contributed by atoms with Gasteiger partial charge in [0.15, 0.2) is 0 Å². The van der Waals surface area contributed by atoms with Crippen molar-refractivity contribution in [2.24, 2.45) is 0 Å². The van der Waals surface area contributed by atoms with Crippen LogP contribution in [0.15, 0.2) is 36.5 Å². The maximum Gasteiger partial charge on any atom is 0.270 e. The fourth-order valence-electron chi connectivity index (χ4n) is 2.86. The molecule has 2 heterocycles. The molecule has 31 heavy (non-hydrogen) atoms. The van der Waals surface area contributed by atoms with Crippen LogP contribution < -0.4 is 15.4 Å². The molecule has 2 aromatic rings. The first-order valence-electron chi connectivity index (χ1n) is 9.51. The summed E-state index contributed by atoms with van der Waals surface area (Å²) >= 11 is 0. The Kier molecular flexibility index (Phi) is 8.80. The summed E-state index contributed by atoms with van der Waals surface area (Å²) in [5.74, 6) is -1.49. The number of halogens is 3. The number of hydrogen-bond donors (Lipinski definition) is 2. The second kappa shape index (κ2) is 11.3. The summed E-state index contributed by atoms with van der Waals surface area (Å²) in [7, 11) is 2.76. The molecule has 10 heteroatoms. The molecule has 1 aliphatic rings. The molecular formula is C21H24F3N3O4. The van der Waals surface area contributed by atoms with Crippen molar-refractivity contribution in [2.75, 3.05) is 19.5 Å². The maximum atomic E-state index is 12.7. The Morgan fingerprint density at radius 3 is 2.45 bits per heavy atom. The molecule has 0 bridgehead atoms. The van der Waals surface area contributed by atoms with Crippen LogP contribution in [0, 0.1) is 5.82 Å². The van der Waals surface area contributed by atoms with Crippen molar-refractivity contribution >= 4 is 17.5 Å². The van der Waals surface area contributed by atoms with Crippen LogP contribution in [0.1, 0.15) is 42.2 Å². The summed E-state index contributed by atoms with van der Waals surface area (Å²) in [5.41, 5.74) is 0.187. The highest BCUT2D eigenvalue weighted by Crippen LogP contribution is 2.30. The third-order valence-electron chi connectivity index (χ3n) is 4.47. The Morgan fingerprint density at radius 2 is 1.97 bits per heavy atom. The van der Waals surface area contributed by atoms with E-state index in [0.29, 0.717) is 11.4 Å². The number of hydrogen-bond acceptors (Lipinski definition) is 5. The smallest absolute Gasteiger partial charge is 0.270 e. The van der Waals surface area contributed by atoms with Gasteiger partial charge in [-0.1, -0.05) is 6.07 Å². The van der Waals surface area contributed by atoms with Crippen LogP contribution in [0.3, 0.4) is 0 Å². The second-order valence-corrected chi connectivity index (χ2v) is 6.67. The molecule has 2 atom stereocenters. The van der Waals surface area contributed by atoms with Gasteiger partial charge in [0.25, 0.3) is 18.2 Å². The summed E-state index contributed by atoms with van der Waals surface area (Å²) in [6.07, 6.45) is -0.0249. The van der Waals surface area contributed by atoms with E-state index in [2.05, 4.69) is 20.4 Å². The standard InChI is InChI=1S/C13H17N3O3.C8H7F3O/c1-8-3-6-11(19-8)13(18)16-9-4-5-10(15-7-9)12(17)14-2;1-12-6-4-2-3-5(9)7(6)8(10)11/h4-5,7-8,11H,3,6H2,1-2H3,(H,14,17)(H,16,18);2-4,8H,1H3/t8?,11-;/m1./s1. The van der Waals surface area contributed by atoms with Gasteiger partial charge in [-0.15, -0.1) is 0 Å². The predicted octanol–water partition coefficient (Wildman–Crippen LogP) is 3.72. The second-order valence-electron chi connectivity index (χ2n) is 6.67. The minimum absolute atomic E-state index is 0.120. The number of alkyl halides is 2. The first-order valence-corrected chi connectivity index (χ1v) is 9.51. The van der Waals surface area contributed by atoms with E-state index in [-0.39, 0.29) is 23.7 Å². The van der Waals surface area contributed by atoms with Crippen molar-refractivity contribution in [3.8, 4) is 5.75 Å². The molecule has 0 radical (unpaired) electrons. The fourth-order valence-corrected chi connectivity index (χ4v) is 2.86. The molecule has 0 spiro atoms. The first-order chi connectivity index (χ1) is 14.8. The molecule has 7 nitrogen and oxygen atoms in total. The highest BCUT2D eigenvalue weighted by molar-refractivity contribution is 5.95. The molecule has 168 valence electrons. The number of amides is 2. The highest BCUT2D eigenvalue weighted by Gasteiger charge is 2.28. The molecule has 1 unspecified atom stereocenters. The SMILES string of the molecule is CNC(=O)c1ccc(NC(=O)[C@H]2CCC(C)O2)cn1.COc1cccc(F)c1C(F)F. The number of methoxy groups -OCH3 is 1. The van der Waals surface area contributed by atoms with E-state index >= 15 is 0 Å². The maximum absolute atomic E-state index is 12.7. The van der Waals surface area contributed by atoms with Crippen molar-refractivity contribution in [2.45, 2.75) is 38.4 Å². The van der Waals surface area contributed by atoms with Crippen LogP contribution >= 0.6 is 0 Å². The van der Waals surface area contributed by atoms with Crippen LogP contribution in [0.5, 0.6) is 5.75 Å². The van der Waals surface area contributed by atoms with E-state index in [4.69, 9.17) is 4.74 Å². The number of nitrogens with zero attached hydrogens (tertiary/aromatic N) is 1. The van der Waals surface area contributed by atoms with Crippen LogP contribution in [0.4, 0.5) is 18.9 Å². The van der Waals surface area contributed by atoms with E-state index < -0.39 is 23.9 Å². The summed E-state index contributed by atoms with van der Waals surface area (Å²) in [6, 6.07) is 6.80. The van der Waals surface area contributed by atoms with Crippen molar-refractivity contribution < 1.29 is 32.2 Å². The molecule has 1 aromatic heterocycles. The Morgan fingerprint density at radius 1 is 1.23 bits per heavy atom. The molecule has 3 rings (SSSR count). The van der Waals surface area contributed by atoms with Gasteiger partial charge in [0, 0.05) is 7.05 Å². The zero-order valence-corrected chi connectivity index (χ0v) is 17.3. The van der Waals surface area contributed by atoms with E-state index in [9.17, 15) is 22.8 Å². The van der Waals surface area contributed by atoms with E-state index in [1.165, 1.54) is 32.5 Å². The zero-order valence-electron chi connectivity index (χ0n) is 17.3. The van der Waals surface area contributed by atoms with Gasteiger partial charge >= 0.3 is 0 Å².